The number of fused-ring (bicyclic) bond motifs is 2. The Morgan fingerprint density at radius 2 is 1.65 bits per heavy atom. The Balaban J connectivity index is 1.86. The number of carboxylic acid groups (broad SMARTS) is 1. The molecule has 4 rings (SSSR count). The largest absolute Gasteiger partial charge is 0.481 e. The van der Waals surface area contributed by atoms with Crippen molar-refractivity contribution in [2.75, 3.05) is 18.0 Å². The van der Waals surface area contributed by atoms with E-state index in [1.807, 2.05) is 12.2 Å². The van der Waals surface area contributed by atoms with Gasteiger partial charge in [-0.05, 0) is 64.3 Å². The number of anilines is 1. The molecular weight excluding hydrogens is 496 g/mol. The molecule has 0 spiro atoms. The number of aliphatic carboxylic acids is 1. The van der Waals surface area contributed by atoms with E-state index in [9.17, 15) is 14.7 Å². The Morgan fingerprint density at radius 3 is 2.30 bits per heavy atom. The quantitative estimate of drug-likeness (QED) is 0.178. The van der Waals surface area contributed by atoms with Crippen LogP contribution >= 0.6 is 0 Å². The molecule has 0 aliphatic carbocycles. The maximum Gasteiger partial charge on any atom is 0.305 e. The van der Waals surface area contributed by atoms with Gasteiger partial charge in [0, 0.05) is 41.1 Å². The van der Waals surface area contributed by atoms with Crippen LogP contribution in [-0.4, -0.2) is 40.7 Å². The van der Waals surface area contributed by atoms with Crippen molar-refractivity contribution in [1.82, 2.24) is 0 Å². The SMILES string of the molecule is C=CCC1(C)C(/C=C/C=C2/N(CCC(=O)O)c3ccc(C)cc3C2(C)CC=C)=[N+](CCC=O)c2ccc(C)cc21. The van der Waals surface area contributed by atoms with E-state index in [-0.39, 0.29) is 17.3 Å². The molecule has 208 valence electrons. The molecule has 0 aromatic heterocycles. The molecule has 0 amide bonds. The highest BCUT2D eigenvalue weighted by atomic mass is 16.4. The Morgan fingerprint density at radius 1 is 1.00 bits per heavy atom. The van der Waals surface area contributed by atoms with Gasteiger partial charge in [-0.3, -0.25) is 4.79 Å². The number of rotatable bonds is 12. The lowest BCUT2D eigenvalue weighted by Crippen LogP contribution is -2.31. The summed E-state index contributed by atoms with van der Waals surface area (Å²) in [5, 5.41) is 9.50. The van der Waals surface area contributed by atoms with Crippen LogP contribution in [0.4, 0.5) is 11.4 Å². The van der Waals surface area contributed by atoms with E-state index >= 15 is 0 Å². The predicted molar refractivity (Wildman–Crippen MR) is 164 cm³/mol. The van der Waals surface area contributed by atoms with E-state index in [1.165, 1.54) is 22.3 Å². The minimum Gasteiger partial charge on any atom is -0.481 e. The molecule has 5 nitrogen and oxygen atoms in total. The van der Waals surface area contributed by atoms with Gasteiger partial charge < -0.3 is 14.8 Å². The maximum atomic E-state index is 11.6. The van der Waals surface area contributed by atoms with Crippen molar-refractivity contribution in [3.8, 4) is 0 Å². The number of allylic oxidation sites excluding steroid dienone is 6. The average Bonchev–Trinajstić information content (AvgIpc) is 3.26. The molecule has 2 aromatic carbocycles. The maximum absolute atomic E-state index is 11.6. The molecule has 0 fully saturated rings. The van der Waals surface area contributed by atoms with Gasteiger partial charge in [0.15, 0.2) is 12.3 Å². The third-order valence-corrected chi connectivity index (χ3v) is 8.42. The molecule has 2 heterocycles. The van der Waals surface area contributed by atoms with Gasteiger partial charge in [0.2, 0.25) is 5.69 Å². The summed E-state index contributed by atoms with van der Waals surface area (Å²) in [6, 6.07) is 12.9. The van der Waals surface area contributed by atoms with Gasteiger partial charge in [0.1, 0.15) is 6.29 Å². The molecule has 2 aliphatic heterocycles. The van der Waals surface area contributed by atoms with Crippen molar-refractivity contribution < 1.29 is 19.3 Å². The Kier molecular flexibility index (Phi) is 8.43. The van der Waals surface area contributed by atoms with Crippen LogP contribution in [0.1, 0.15) is 61.8 Å². The van der Waals surface area contributed by atoms with Crippen LogP contribution in [0.2, 0.25) is 0 Å². The molecule has 2 aromatic rings. The first-order chi connectivity index (χ1) is 19.1. The summed E-state index contributed by atoms with van der Waals surface area (Å²) in [6.07, 6.45) is 13.2. The number of carbonyl (C=O) groups is 2. The smallest absolute Gasteiger partial charge is 0.305 e. The fourth-order valence-electron chi connectivity index (χ4n) is 6.44. The van der Waals surface area contributed by atoms with Crippen molar-refractivity contribution in [2.45, 2.75) is 64.2 Å². The summed E-state index contributed by atoms with van der Waals surface area (Å²) in [6.45, 7) is 17.7. The van der Waals surface area contributed by atoms with Crippen LogP contribution in [0.25, 0.3) is 0 Å². The fraction of sp³-hybridized carbons (Fsp3) is 0.343. The minimum atomic E-state index is -0.818. The molecule has 0 bridgehead atoms. The first-order valence-corrected chi connectivity index (χ1v) is 14.0. The summed E-state index contributed by atoms with van der Waals surface area (Å²) in [4.78, 5) is 25.1. The summed E-state index contributed by atoms with van der Waals surface area (Å²) < 4.78 is 2.26. The van der Waals surface area contributed by atoms with Gasteiger partial charge in [-0.25, -0.2) is 0 Å². The summed E-state index contributed by atoms with van der Waals surface area (Å²) >= 11 is 0. The first-order valence-electron chi connectivity index (χ1n) is 14.0. The van der Waals surface area contributed by atoms with E-state index < -0.39 is 5.97 Å². The zero-order valence-electron chi connectivity index (χ0n) is 24.2. The highest BCUT2D eigenvalue weighted by molar-refractivity contribution is 6.03. The lowest BCUT2D eigenvalue weighted by atomic mass is 9.76. The Labute approximate surface area is 238 Å². The molecule has 0 saturated heterocycles. The van der Waals surface area contributed by atoms with Crippen LogP contribution in [0.5, 0.6) is 0 Å². The fourth-order valence-corrected chi connectivity index (χ4v) is 6.44. The normalized spacial score (nSPS) is 22.6. The number of carbonyl (C=O) groups excluding carboxylic acids is 1. The minimum absolute atomic E-state index is 0.0431. The number of hydrogen-bond donors (Lipinski definition) is 1. The molecule has 0 saturated carbocycles. The first kappa shape index (κ1) is 29.0. The van der Waals surface area contributed by atoms with Crippen LogP contribution in [0, 0.1) is 13.8 Å². The van der Waals surface area contributed by atoms with Crippen molar-refractivity contribution in [1.29, 1.82) is 0 Å². The number of aldehydes is 1. The van der Waals surface area contributed by atoms with Crippen molar-refractivity contribution in [2.24, 2.45) is 0 Å². The molecule has 5 heteroatoms. The predicted octanol–water partition coefficient (Wildman–Crippen LogP) is 7.09. The molecule has 2 aliphatic rings. The lowest BCUT2D eigenvalue weighted by molar-refractivity contribution is -0.436. The lowest BCUT2D eigenvalue weighted by Gasteiger charge is -2.29. The standard InChI is InChI=1S/C35H40N2O3/c1-7-18-34(5)27-23-25(3)13-15-29(27)36(20-10-22-38)31(34)11-9-12-32-35(6,19-8-2)28-24-26(4)14-16-30(28)37(32)21-17-33(39)40/h7-9,11-16,22-24H,1-2,10,17-21H2,3-6H3/p+1. The zero-order chi connectivity index (χ0) is 29.1. The molecule has 2 unspecified atom stereocenters. The number of benzene rings is 2. The van der Waals surface area contributed by atoms with Crippen LogP contribution in [0.15, 0.2) is 85.6 Å². The second-order valence-electron chi connectivity index (χ2n) is 11.4. The number of hydrogen-bond acceptors (Lipinski definition) is 3. The number of carboxylic acids is 1. The van der Waals surface area contributed by atoms with Crippen molar-refractivity contribution >= 4 is 29.3 Å². The zero-order valence-corrected chi connectivity index (χ0v) is 24.2. The van der Waals surface area contributed by atoms with Gasteiger partial charge in [0.25, 0.3) is 0 Å². The van der Waals surface area contributed by atoms with Gasteiger partial charge in [-0.2, -0.15) is 4.58 Å². The molecule has 40 heavy (non-hydrogen) atoms. The highest BCUT2D eigenvalue weighted by Crippen LogP contribution is 2.50. The topological polar surface area (TPSA) is 60.6 Å². The number of aryl methyl sites for hydroxylation is 2. The van der Waals surface area contributed by atoms with Gasteiger partial charge in [-0.15, -0.1) is 13.2 Å². The van der Waals surface area contributed by atoms with Crippen LogP contribution < -0.4 is 4.90 Å². The molecular formula is C35H41N2O3+. The third-order valence-electron chi connectivity index (χ3n) is 8.42. The average molecular weight is 538 g/mol. The number of nitrogens with zero attached hydrogens (tertiary/aromatic N) is 2. The van der Waals surface area contributed by atoms with E-state index in [2.05, 4.69) is 105 Å². The Bertz CT molecular complexity index is 1450. The van der Waals surface area contributed by atoms with Gasteiger partial charge >= 0.3 is 5.97 Å². The third kappa shape index (κ3) is 5.13. The van der Waals surface area contributed by atoms with Crippen LogP contribution in [0.3, 0.4) is 0 Å². The van der Waals surface area contributed by atoms with Crippen molar-refractivity contribution in [3.05, 3.63) is 108 Å². The summed E-state index contributed by atoms with van der Waals surface area (Å²) in [5.74, 6) is -0.818. The van der Waals surface area contributed by atoms with Crippen LogP contribution in [-0.2, 0) is 20.4 Å². The van der Waals surface area contributed by atoms with Gasteiger partial charge in [-0.1, -0.05) is 47.6 Å². The molecule has 2 atom stereocenters. The molecule has 1 N–H and O–H groups in total. The highest BCUT2D eigenvalue weighted by Gasteiger charge is 2.47. The monoisotopic (exact) mass is 537 g/mol. The van der Waals surface area contributed by atoms with Crippen molar-refractivity contribution in [3.63, 3.8) is 0 Å². The second kappa shape index (κ2) is 11.6. The summed E-state index contributed by atoms with van der Waals surface area (Å²) in [5.41, 5.74) is 8.55. The van der Waals surface area contributed by atoms with Gasteiger partial charge in [0.05, 0.1) is 18.3 Å². The van der Waals surface area contributed by atoms with E-state index in [4.69, 9.17) is 0 Å². The van der Waals surface area contributed by atoms with E-state index in [1.54, 1.807) is 0 Å². The molecule has 0 radical (unpaired) electrons. The van der Waals surface area contributed by atoms with E-state index in [0.717, 1.165) is 41.9 Å². The second-order valence-corrected chi connectivity index (χ2v) is 11.4. The Hall–Kier alpha value is -3.99. The van der Waals surface area contributed by atoms with E-state index in [0.29, 0.717) is 19.5 Å². The summed E-state index contributed by atoms with van der Waals surface area (Å²) in [7, 11) is 0.